The first-order chi connectivity index (χ1) is 6.52. The second-order valence-corrected chi connectivity index (χ2v) is 7.18. The van der Waals surface area contributed by atoms with Crippen LogP contribution in [0.4, 0.5) is 0 Å². The standard InChI is InChI=1S/C12H22OS/c1-10-5-4-6-12(7-10)13-8-11(2,3)9-14-12/h10H,4-9H2,1-3H3/t10-,12+/m1/s1. The third-order valence-electron chi connectivity index (χ3n) is 3.37. The first-order valence-electron chi connectivity index (χ1n) is 5.79. The van der Waals surface area contributed by atoms with Gasteiger partial charge in [0.25, 0.3) is 0 Å². The Balaban J connectivity index is 1.98. The molecule has 1 aliphatic heterocycles. The zero-order valence-electron chi connectivity index (χ0n) is 9.64. The summed E-state index contributed by atoms with van der Waals surface area (Å²) in [6.45, 7) is 7.93. The van der Waals surface area contributed by atoms with E-state index in [0.717, 1.165) is 12.5 Å². The molecule has 82 valence electrons. The van der Waals surface area contributed by atoms with Gasteiger partial charge in [-0.25, -0.2) is 0 Å². The van der Waals surface area contributed by atoms with Crippen LogP contribution in [-0.4, -0.2) is 17.3 Å². The van der Waals surface area contributed by atoms with Crippen LogP contribution in [0.15, 0.2) is 0 Å². The number of hydrogen-bond donors (Lipinski definition) is 0. The second-order valence-electron chi connectivity index (χ2n) is 5.85. The third kappa shape index (κ3) is 2.27. The van der Waals surface area contributed by atoms with Gasteiger partial charge in [-0.05, 0) is 30.6 Å². The van der Waals surface area contributed by atoms with Gasteiger partial charge < -0.3 is 4.74 Å². The summed E-state index contributed by atoms with van der Waals surface area (Å²) >= 11 is 2.07. The minimum absolute atomic E-state index is 0.202. The molecule has 2 rings (SSSR count). The summed E-state index contributed by atoms with van der Waals surface area (Å²) < 4.78 is 6.16. The van der Waals surface area contributed by atoms with Crippen LogP contribution in [0.25, 0.3) is 0 Å². The van der Waals surface area contributed by atoms with Crippen LogP contribution in [0.3, 0.4) is 0 Å². The van der Waals surface area contributed by atoms with Crippen molar-refractivity contribution in [3.05, 3.63) is 0 Å². The number of ether oxygens (including phenoxy) is 1. The van der Waals surface area contributed by atoms with Crippen molar-refractivity contribution in [2.45, 2.75) is 51.4 Å². The molecule has 14 heavy (non-hydrogen) atoms. The van der Waals surface area contributed by atoms with Crippen molar-refractivity contribution in [3.8, 4) is 0 Å². The number of rotatable bonds is 0. The first kappa shape index (κ1) is 10.8. The van der Waals surface area contributed by atoms with Gasteiger partial charge in [0, 0.05) is 5.75 Å². The van der Waals surface area contributed by atoms with Gasteiger partial charge in [-0.2, -0.15) is 0 Å². The lowest BCUT2D eigenvalue weighted by atomic mass is 9.87. The van der Waals surface area contributed by atoms with E-state index < -0.39 is 0 Å². The lowest BCUT2D eigenvalue weighted by Crippen LogP contribution is -2.43. The Kier molecular flexibility index (Phi) is 2.87. The molecule has 2 fully saturated rings. The lowest BCUT2D eigenvalue weighted by molar-refractivity contribution is -0.0522. The van der Waals surface area contributed by atoms with Crippen molar-refractivity contribution < 1.29 is 4.74 Å². The largest absolute Gasteiger partial charge is 0.364 e. The summed E-state index contributed by atoms with van der Waals surface area (Å²) in [5, 5.41) is 0. The summed E-state index contributed by atoms with van der Waals surface area (Å²) in [6, 6.07) is 0. The molecule has 0 amide bonds. The Bertz CT molecular complexity index is 202. The van der Waals surface area contributed by atoms with Crippen LogP contribution in [0, 0.1) is 11.3 Å². The van der Waals surface area contributed by atoms with Crippen molar-refractivity contribution in [2.75, 3.05) is 12.4 Å². The van der Waals surface area contributed by atoms with E-state index in [1.807, 2.05) is 0 Å². The molecule has 0 bridgehead atoms. The highest BCUT2D eigenvalue weighted by Crippen LogP contribution is 2.48. The molecule has 2 aliphatic rings. The molecule has 1 saturated heterocycles. The Morgan fingerprint density at radius 3 is 2.71 bits per heavy atom. The van der Waals surface area contributed by atoms with Gasteiger partial charge >= 0.3 is 0 Å². The van der Waals surface area contributed by atoms with Gasteiger partial charge in [-0.1, -0.05) is 27.2 Å². The van der Waals surface area contributed by atoms with Gasteiger partial charge in [0.2, 0.25) is 0 Å². The molecule has 2 heteroatoms. The zero-order chi connectivity index (χ0) is 10.2. The van der Waals surface area contributed by atoms with E-state index in [-0.39, 0.29) is 4.93 Å². The molecular formula is C12H22OS. The molecule has 1 saturated carbocycles. The van der Waals surface area contributed by atoms with Crippen molar-refractivity contribution in [3.63, 3.8) is 0 Å². The predicted octanol–water partition coefficient (Wildman–Crippen LogP) is 3.68. The summed E-state index contributed by atoms with van der Waals surface area (Å²) in [6.07, 6.45) is 5.30. The fraction of sp³-hybridized carbons (Fsp3) is 1.00. The van der Waals surface area contributed by atoms with Gasteiger partial charge in [0.15, 0.2) is 0 Å². The molecule has 1 spiro atoms. The molecule has 0 aromatic heterocycles. The molecule has 0 radical (unpaired) electrons. The summed E-state index contributed by atoms with van der Waals surface area (Å²) in [5.41, 5.74) is 0.386. The molecular weight excluding hydrogens is 192 g/mol. The van der Waals surface area contributed by atoms with Crippen LogP contribution in [0.5, 0.6) is 0 Å². The van der Waals surface area contributed by atoms with E-state index in [2.05, 4.69) is 32.5 Å². The van der Waals surface area contributed by atoms with E-state index in [0.29, 0.717) is 5.41 Å². The van der Waals surface area contributed by atoms with Gasteiger partial charge in [-0.15, -0.1) is 11.8 Å². The van der Waals surface area contributed by atoms with Gasteiger partial charge in [0.1, 0.15) is 4.93 Å². The molecule has 1 heterocycles. The monoisotopic (exact) mass is 214 g/mol. The Morgan fingerprint density at radius 1 is 1.36 bits per heavy atom. The van der Waals surface area contributed by atoms with Crippen molar-refractivity contribution in [1.82, 2.24) is 0 Å². The number of hydrogen-bond acceptors (Lipinski definition) is 2. The summed E-state index contributed by atoms with van der Waals surface area (Å²) in [7, 11) is 0. The molecule has 1 aliphatic carbocycles. The molecule has 0 aromatic rings. The van der Waals surface area contributed by atoms with Crippen LogP contribution in [0.2, 0.25) is 0 Å². The maximum Gasteiger partial charge on any atom is 0.114 e. The van der Waals surface area contributed by atoms with E-state index >= 15 is 0 Å². The molecule has 1 nitrogen and oxygen atoms in total. The van der Waals surface area contributed by atoms with E-state index in [1.54, 1.807) is 0 Å². The fourth-order valence-electron chi connectivity index (χ4n) is 2.45. The maximum atomic E-state index is 6.16. The van der Waals surface area contributed by atoms with E-state index in [4.69, 9.17) is 4.74 Å². The molecule has 0 unspecified atom stereocenters. The quantitative estimate of drug-likeness (QED) is 0.608. The fourth-order valence-corrected chi connectivity index (χ4v) is 4.02. The average Bonchev–Trinajstić information content (AvgIpc) is 2.12. The summed E-state index contributed by atoms with van der Waals surface area (Å²) in [4.78, 5) is 0.202. The van der Waals surface area contributed by atoms with Crippen LogP contribution >= 0.6 is 11.8 Å². The van der Waals surface area contributed by atoms with Crippen LogP contribution in [-0.2, 0) is 4.74 Å². The molecule has 0 aromatic carbocycles. The lowest BCUT2D eigenvalue weighted by Gasteiger charge is -2.46. The Morgan fingerprint density at radius 2 is 2.14 bits per heavy atom. The first-order valence-corrected chi connectivity index (χ1v) is 6.78. The Labute approximate surface area is 92.0 Å². The SMILES string of the molecule is C[C@@H]1CCC[C@]2(C1)OCC(C)(C)CS2. The smallest absolute Gasteiger partial charge is 0.114 e. The van der Waals surface area contributed by atoms with E-state index in [1.165, 1.54) is 31.4 Å². The second kappa shape index (κ2) is 3.71. The van der Waals surface area contributed by atoms with Crippen LogP contribution in [0.1, 0.15) is 46.5 Å². The minimum Gasteiger partial charge on any atom is -0.364 e. The van der Waals surface area contributed by atoms with E-state index in [9.17, 15) is 0 Å². The summed E-state index contributed by atoms with van der Waals surface area (Å²) in [5.74, 6) is 2.12. The highest BCUT2D eigenvalue weighted by molar-refractivity contribution is 8.00. The van der Waals surface area contributed by atoms with Gasteiger partial charge in [0.05, 0.1) is 6.61 Å². The Hall–Kier alpha value is 0.310. The van der Waals surface area contributed by atoms with Crippen molar-refractivity contribution in [2.24, 2.45) is 11.3 Å². The van der Waals surface area contributed by atoms with Crippen LogP contribution < -0.4 is 0 Å². The highest BCUT2D eigenvalue weighted by Gasteiger charge is 2.42. The molecule has 2 atom stereocenters. The molecule has 0 N–H and O–H groups in total. The van der Waals surface area contributed by atoms with Crippen molar-refractivity contribution in [1.29, 1.82) is 0 Å². The minimum atomic E-state index is 0.202. The maximum absolute atomic E-state index is 6.16. The number of thioether (sulfide) groups is 1. The third-order valence-corrected chi connectivity index (χ3v) is 5.31. The van der Waals surface area contributed by atoms with Crippen molar-refractivity contribution >= 4 is 11.8 Å². The topological polar surface area (TPSA) is 9.23 Å². The zero-order valence-corrected chi connectivity index (χ0v) is 10.5. The highest BCUT2D eigenvalue weighted by atomic mass is 32.2. The van der Waals surface area contributed by atoms with Gasteiger partial charge in [-0.3, -0.25) is 0 Å². The predicted molar refractivity (Wildman–Crippen MR) is 62.6 cm³/mol. The average molecular weight is 214 g/mol. The normalized spacial score (nSPS) is 42.6.